The zero-order valence-corrected chi connectivity index (χ0v) is 16.1. The molecule has 7 heteroatoms. The molecular formula is C16H27Cl2N3OS. The fourth-order valence-electron chi connectivity index (χ4n) is 3.35. The number of hydrogen-bond acceptors (Lipinski definition) is 4. The Bertz CT molecular complexity index is 470. The Kier molecular flexibility index (Phi) is 8.31. The molecule has 0 aromatic carbocycles. The van der Waals surface area contributed by atoms with Crippen LogP contribution >= 0.6 is 36.2 Å². The van der Waals surface area contributed by atoms with Crippen molar-refractivity contribution in [3.8, 4) is 0 Å². The highest BCUT2D eigenvalue weighted by Crippen LogP contribution is 2.28. The van der Waals surface area contributed by atoms with Gasteiger partial charge in [0.05, 0.1) is 5.41 Å². The van der Waals surface area contributed by atoms with Crippen molar-refractivity contribution in [3.05, 3.63) is 22.4 Å². The zero-order valence-electron chi connectivity index (χ0n) is 13.6. The molecule has 3 heterocycles. The van der Waals surface area contributed by atoms with Gasteiger partial charge in [-0.2, -0.15) is 0 Å². The van der Waals surface area contributed by atoms with Crippen molar-refractivity contribution >= 4 is 42.1 Å². The van der Waals surface area contributed by atoms with Gasteiger partial charge in [0.15, 0.2) is 0 Å². The molecule has 1 atom stereocenters. The summed E-state index contributed by atoms with van der Waals surface area (Å²) in [5.74, 6) is 0.352. The summed E-state index contributed by atoms with van der Waals surface area (Å²) >= 11 is 1.82. The topological polar surface area (TPSA) is 35.6 Å². The minimum atomic E-state index is -0.186. The molecular weight excluding hydrogens is 353 g/mol. The van der Waals surface area contributed by atoms with E-state index in [9.17, 15) is 4.79 Å². The first-order chi connectivity index (χ1) is 10.2. The summed E-state index contributed by atoms with van der Waals surface area (Å²) in [6, 6.07) is 4.30. The van der Waals surface area contributed by atoms with Gasteiger partial charge in [-0.15, -0.1) is 36.2 Å². The lowest BCUT2D eigenvalue weighted by atomic mass is 9.81. The number of nitrogens with zero attached hydrogens (tertiary/aromatic N) is 2. The molecule has 2 fully saturated rings. The van der Waals surface area contributed by atoms with Gasteiger partial charge in [0, 0.05) is 44.1 Å². The second kappa shape index (κ2) is 9.23. The van der Waals surface area contributed by atoms with E-state index >= 15 is 0 Å². The van der Waals surface area contributed by atoms with Gasteiger partial charge in [0.2, 0.25) is 5.91 Å². The van der Waals surface area contributed by atoms with E-state index in [1.54, 1.807) is 0 Å². The maximum atomic E-state index is 12.8. The molecule has 1 N–H and O–H groups in total. The van der Waals surface area contributed by atoms with Gasteiger partial charge in [-0.25, -0.2) is 0 Å². The number of thiophene rings is 1. The molecule has 1 unspecified atom stereocenters. The van der Waals surface area contributed by atoms with E-state index < -0.39 is 0 Å². The van der Waals surface area contributed by atoms with Crippen molar-refractivity contribution in [2.75, 3.05) is 39.3 Å². The van der Waals surface area contributed by atoms with E-state index in [1.807, 2.05) is 11.3 Å². The van der Waals surface area contributed by atoms with Crippen LogP contribution in [-0.2, 0) is 11.3 Å². The molecule has 0 aliphatic carbocycles. The van der Waals surface area contributed by atoms with Crippen LogP contribution in [0.4, 0.5) is 0 Å². The highest BCUT2D eigenvalue weighted by atomic mass is 35.5. The fraction of sp³-hybridized carbons (Fsp3) is 0.688. The lowest BCUT2D eigenvalue weighted by Crippen LogP contribution is -2.55. The van der Waals surface area contributed by atoms with Crippen molar-refractivity contribution in [2.45, 2.75) is 26.3 Å². The number of piperidine rings is 1. The van der Waals surface area contributed by atoms with Crippen LogP contribution in [-0.4, -0.2) is 55.0 Å². The molecule has 2 saturated heterocycles. The maximum absolute atomic E-state index is 12.8. The number of amides is 1. The predicted octanol–water partition coefficient (Wildman–Crippen LogP) is 2.63. The lowest BCUT2D eigenvalue weighted by molar-refractivity contribution is -0.144. The molecule has 132 valence electrons. The predicted molar refractivity (Wildman–Crippen MR) is 101 cm³/mol. The SMILES string of the molecule is CC1(C(=O)N2CCN(Cc3cccs3)CC2)CCCNC1.Cl.Cl. The Morgan fingerprint density at radius 3 is 2.61 bits per heavy atom. The van der Waals surface area contributed by atoms with Crippen LogP contribution in [0.25, 0.3) is 0 Å². The fourth-order valence-corrected chi connectivity index (χ4v) is 4.10. The largest absolute Gasteiger partial charge is 0.340 e. The lowest BCUT2D eigenvalue weighted by Gasteiger charge is -2.41. The van der Waals surface area contributed by atoms with Gasteiger partial charge in [-0.1, -0.05) is 6.07 Å². The smallest absolute Gasteiger partial charge is 0.229 e. The van der Waals surface area contributed by atoms with Gasteiger partial charge in [0.1, 0.15) is 0 Å². The molecule has 1 amide bonds. The number of nitrogens with one attached hydrogen (secondary N) is 1. The minimum absolute atomic E-state index is 0. The van der Waals surface area contributed by atoms with Gasteiger partial charge < -0.3 is 10.2 Å². The van der Waals surface area contributed by atoms with E-state index in [-0.39, 0.29) is 30.2 Å². The Labute approximate surface area is 155 Å². The van der Waals surface area contributed by atoms with Crippen LogP contribution in [0.3, 0.4) is 0 Å². The number of carbonyl (C=O) groups is 1. The van der Waals surface area contributed by atoms with Crippen LogP contribution in [0.5, 0.6) is 0 Å². The molecule has 0 bridgehead atoms. The standard InChI is InChI=1S/C16H25N3OS.2ClH/c1-16(5-3-6-17-13-16)15(20)19-9-7-18(8-10-19)12-14-4-2-11-21-14;;/h2,4,11,17H,3,5-10,12-13H2,1H3;2*1H. The normalized spacial score (nSPS) is 25.3. The van der Waals surface area contributed by atoms with E-state index in [0.717, 1.165) is 58.7 Å². The monoisotopic (exact) mass is 379 g/mol. The van der Waals surface area contributed by atoms with E-state index in [2.05, 4.69) is 39.6 Å². The molecule has 2 aliphatic rings. The van der Waals surface area contributed by atoms with Gasteiger partial charge in [-0.05, 0) is 37.8 Å². The minimum Gasteiger partial charge on any atom is -0.340 e. The quantitative estimate of drug-likeness (QED) is 0.876. The molecule has 0 spiro atoms. The van der Waals surface area contributed by atoms with Crippen molar-refractivity contribution < 1.29 is 4.79 Å². The molecule has 3 rings (SSSR count). The molecule has 4 nitrogen and oxygen atoms in total. The highest BCUT2D eigenvalue weighted by molar-refractivity contribution is 7.09. The summed E-state index contributed by atoms with van der Waals surface area (Å²) in [6.45, 7) is 8.77. The number of hydrogen-bond donors (Lipinski definition) is 1. The average Bonchev–Trinajstić information content (AvgIpc) is 3.01. The first-order valence-corrected chi connectivity index (χ1v) is 8.80. The summed E-state index contributed by atoms with van der Waals surface area (Å²) in [6.07, 6.45) is 2.13. The molecule has 23 heavy (non-hydrogen) atoms. The first kappa shape index (κ1) is 20.7. The maximum Gasteiger partial charge on any atom is 0.229 e. The van der Waals surface area contributed by atoms with Gasteiger partial charge >= 0.3 is 0 Å². The average molecular weight is 380 g/mol. The number of piperazine rings is 1. The highest BCUT2D eigenvalue weighted by Gasteiger charge is 2.38. The second-order valence-electron chi connectivity index (χ2n) is 6.49. The Balaban J connectivity index is 0.00000132. The Hall–Kier alpha value is -0.330. The molecule has 2 aliphatic heterocycles. The number of carbonyl (C=O) groups excluding carboxylic acids is 1. The van der Waals surface area contributed by atoms with Gasteiger partial charge in [0.25, 0.3) is 0 Å². The van der Waals surface area contributed by atoms with E-state index in [1.165, 1.54) is 4.88 Å². The third kappa shape index (κ3) is 5.07. The van der Waals surface area contributed by atoms with Crippen molar-refractivity contribution in [1.29, 1.82) is 0 Å². The number of rotatable bonds is 3. The van der Waals surface area contributed by atoms with E-state index in [4.69, 9.17) is 0 Å². The second-order valence-corrected chi connectivity index (χ2v) is 7.52. The molecule has 1 aromatic rings. The third-order valence-electron chi connectivity index (χ3n) is 4.73. The van der Waals surface area contributed by atoms with Crippen molar-refractivity contribution in [1.82, 2.24) is 15.1 Å². The van der Waals surface area contributed by atoms with E-state index in [0.29, 0.717) is 5.91 Å². The number of halogens is 2. The Morgan fingerprint density at radius 1 is 1.30 bits per heavy atom. The van der Waals surface area contributed by atoms with Crippen LogP contribution in [0.1, 0.15) is 24.6 Å². The zero-order chi connectivity index (χ0) is 14.7. The third-order valence-corrected chi connectivity index (χ3v) is 5.59. The van der Waals surface area contributed by atoms with Gasteiger partial charge in [-0.3, -0.25) is 9.69 Å². The van der Waals surface area contributed by atoms with Crippen molar-refractivity contribution in [3.63, 3.8) is 0 Å². The van der Waals surface area contributed by atoms with Crippen LogP contribution in [0, 0.1) is 5.41 Å². The summed E-state index contributed by atoms with van der Waals surface area (Å²) < 4.78 is 0. The van der Waals surface area contributed by atoms with Crippen molar-refractivity contribution in [2.24, 2.45) is 5.41 Å². The summed E-state index contributed by atoms with van der Waals surface area (Å²) in [4.78, 5) is 18.7. The molecule has 1 aromatic heterocycles. The summed E-state index contributed by atoms with van der Waals surface area (Å²) in [5.41, 5.74) is -0.186. The summed E-state index contributed by atoms with van der Waals surface area (Å²) in [5, 5.41) is 5.51. The summed E-state index contributed by atoms with van der Waals surface area (Å²) in [7, 11) is 0. The van der Waals surface area contributed by atoms with Crippen LogP contribution < -0.4 is 5.32 Å². The molecule has 0 saturated carbocycles. The van der Waals surface area contributed by atoms with Crippen LogP contribution in [0.15, 0.2) is 17.5 Å². The first-order valence-electron chi connectivity index (χ1n) is 7.92. The molecule has 0 radical (unpaired) electrons. The van der Waals surface area contributed by atoms with Crippen LogP contribution in [0.2, 0.25) is 0 Å². The Morgan fingerprint density at radius 2 is 2.04 bits per heavy atom.